The largest absolute Gasteiger partial charge is 0.488 e. The van der Waals surface area contributed by atoms with Crippen LogP contribution >= 0.6 is 45.2 Å². The molecule has 0 saturated heterocycles. The maximum Gasteiger partial charge on any atom is 0.488 e. The molecule has 0 saturated carbocycles. The van der Waals surface area contributed by atoms with Gasteiger partial charge in [0.05, 0.1) is 0 Å². The van der Waals surface area contributed by atoms with Gasteiger partial charge >= 0.3 is 14.2 Å². The second-order valence-corrected chi connectivity index (χ2v) is 17.3. The molecule has 0 radical (unpaired) electrons. The molecule has 0 atom stereocenters. The summed E-state index contributed by atoms with van der Waals surface area (Å²) >= 11 is 3.93. The van der Waals surface area contributed by atoms with Gasteiger partial charge < -0.3 is 20.1 Å². The van der Waals surface area contributed by atoms with Gasteiger partial charge in [-0.15, -0.1) is 0 Å². The van der Waals surface area contributed by atoms with E-state index in [2.05, 4.69) is 0 Å². The van der Waals surface area contributed by atoms with Crippen molar-refractivity contribution in [2.24, 2.45) is 0 Å². The van der Waals surface area contributed by atoms with Crippen LogP contribution in [0.25, 0.3) is 76.5 Å². The Balaban J connectivity index is 0.000000152. The zero-order valence-corrected chi connectivity index (χ0v) is 36.5. The lowest BCUT2D eigenvalue weighted by Crippen LogP contribution is -2.37. The molecule has 310 valence electrons. The SMILES string of the molecule is C.Cc1cccc(-c2cc3c4c(c2)c(=O)c(=O)c2cc(C)cc(c2-4)c(=O)c3=O)c1.O=c1c(=O)c2cc(I)cc3c2-c2c1cc(I)cc2c(=O)c3=O.OB(O)c1cccc(B(O)O)c1. The summed E-state index contributed by atoms with van der Waals surface area (Å²) in [5, 5.41) is 36.5. The number of hydrogen-bond donors (Lipinski definition) is 4. The Morgan fingerprint density at radius 2 is 0.667 bits per heavy atom. The molecular formula is C47H30B2I2O12. The van der Waals surface area contributed by atoms with E-state index in [0.717, 1.165) is 11.1 Å². The van der Waals surface area contributed by atoms with Crippen molar-refractivity contribution >= 4 is 113 Å². The summed E-state index contributed by atoms with van der Waals surface area (Å²) in [5.74, 6) is 0. The van der Waals surface area contributed by atoms with Crippen LogP contribution < -0.4 is 54.4 Å². The summed E-state index contributed by atoms with van der Waals surface area (Å²) in [6, 6.07) is 26.3. The van der Waals surface area contributed by atoms with Crippen molar-refractivity contribution in [3.63, 3.8) is 0 Å². The Labute approximate surface area is 382 Å². The van der Waals surface area contributed by atoms with Gasteiger partial charge in [-0.1, -0.05) is 61.5 Å². The Morgan fingerprint density at radius 1 is 0.365 bits per heavy atom. The maximum atomic E-state index is 12.9. The van der Waals surface area contributed by atoms with E-state index in [1.54, 1.807) is 55.5 Å². The highest BCUT2D eigenvalue weighted by Crippen LogP contribution is 2.38. The first-order valence-corrected chi connectivity index (χ1v) is 20.8. The minimum absolute atomic E-state index is 0. The minimum atomic E-state index is -1.58. The molecule has 6 aromatic carbocycles. The van der Waals surface area contributed by atoms with Crippen LogP contribution in [0.4, 0.5) is 0 Å². The molecule has 63 heavy (non-hydrogen) atoms. The molecule has 0 bridgehead atoms. The van der Waals surface area contributed by atoms with Crippen LogP contribution in [0.5, 0.6) is 0 Å². The van der Waals surface area contributed by atoms with E-state index in [4.69, 9.17) is 20.1 Å². The van der Waals surface area contributed by atoms with Gasteiger partial charge in [-0.25, -0.2) is 0 Å². The average Bonchev–Trinajstić information content (AvgIpc) is 3.24. The summed E-state index contributed by atoms with van der Waals surface area (Å²) < 4.78 is 1.29. The summed E-state index contributed by atoms with van der Waals surface area (Å²) in [6.45, 7) is 3.68. The van der Waals surface area contributed by atoms with Crippen molar-refractivity contribution in [2.75, 3.05) is 0 Å². The molecule has 4 N–H and O–H groups in total. The number of aryl methyl sites for hydroxylation is 2. The van der Waals surface area contributed by atoms with Crippen LogP contribution in [0, 0.1) is 21.0 Å². The molecule has 0 aromatic heterocycles. The van der Waals surface area contributed by atoms with Gasteiger partial charge in [0, 0.05) is 72.5 Å². The van der Waals surface area contributed by atoms with Gasteiger partial charge in [0.1, 0.15) is 0 Å². The topological polar surface area (TPSA) is 217 Å². The summed E-state index contributed by atoms with van der Waals surface area (Å²) in [6.07, 6.45) is 0. The highest BCUT2D eigenvalue weighted by atomic mass is 127. The molecule has 0 aliphatic heterocycles. The van der Waals surface area contributed by atoms with Crippen molar-refractivity contribution in [2.45, 2.75) is 21.3 Å². The van der Waals surface area contributed by atoms with Crippen LogP contribution in [0.15, 0.2) is 135 Å². The van der Waals surface area contributed by atoms with Gasteiger partial charge in [-0.3, -0.25) is 38.4 Å². The first kappa shape index (κ1) is 45.1. The second kappa shape index (κ2) is 17.0. The fourth-order valence-corrected chi connectivity index (χ4v) is 9.25. The van der Waals surface area contributed by atoms with Gasteiger partial charge in [0.2, 0.25) is 43.4 Å². The molecule has 0 unspecified atom stereocenters. The van der Waals surface area contributed by atoms with E-state index < -0.39 is 57.7 Å². The van der Waals surface area contributed by atoms with E-state index in [-0.39, 0.29) is 61.4 Å². The molecule has 10 rings (SSSR count). The van der Waals surface area contributed by atoms with Gasteiger partial charge in [-0.05, 0) is 135 Å². The fraction of sp³-hybridized carbons (Fsp3) is 0.0638. The third-order valence-electron chi connectivity index (χ3n) is 10.8. The molecule has 0 spiro atoms. The third kappa shape index (κ3) is 7.70. The first-order chi connectivity index (χ1) is 29.4. The van der Waals surface area contributed by atoms with Crippen LogP contribution in [-0.4, -0.2) is 34.3 Å². The quantitative estimate of drug-likeness (QED) is 0.0870. The van der Waals surface area contributed by atoms with Crippen molar-refractivity contribution in [1.29, 1.82) is 0 Å². The van der Waals surface area contributed by atoms with Crippen LogP contribution in [0.2, 0.25) is 0 Å². The van der Waals surface area contributed by atoms with Gasteiger partial charge in [0.15, 0.2) is 0 Å². The molecule has 16 heteroatoms. The smallest absolute Gasteiger partial charge is 0.423 e. The lowest BCUT2D eigenvalue weighted by Gasteiger charge is -2.16. The molecule has 12 nitrogen and oxygen atoms in total. The maximum absolute atomic E-state index is 12.9. The molecule has 4 aliphatic carbocycles. The number of benzene rings is 10. The molecule has 0 heterocycles. The molecule has 4 aliphatic rings. The monoisotopic (exact) mass is 1060 g/mol. The predicted octanol–water partition coefficient (Wildman–Crippen LogP) is 2.88. The Bertz CT molecular complexity index is 3530. The number of hydrogen-bond acceptors (Lipinski definition) is 12. The summed E-state index contributed by atoms with van der Waals surface area (Å²) in [4.78, 5) is 101. The minimum Gasteiger partial charge on any atom is -0.423 e. The molecule has 6 aromatic rings. The van der Waals surface area contributed by atoms with E-state index in [1.807, 2.05) is 76.4 Å². The van der Waals surface area contributed by atoms with E-state index in [9.17, 15) is 38.4 Å². The highest BCUT2D eigenvalue weighted by molar-refractivity contribution is 14.1. The van der Waals surface area contributed by atoms with Gasteiger partial charge in [0.25, 0.3) is 0 Å². The number of rotatable bonds is 3. The van der Waals surface area contributed by atoms with Crippen LogP contribution in [0.1, 0.15) is 18.6 Å². The van der Waals surface area contributed by atoms with Crippen LogP contribution in [-0.2, 0) is 0 Å². The Kier molecular flexibility index (Phi) is 12.2. The standard InChI is InChI=1S/C24H14O4.C16H4I2O4.C6H8B2O4.CH4/c1-11-4-3-5-13(6-11)14-9-17-20-18(10-14)24(28)22(26)16-8-12(2)7-15(19(16)20)21(25)23(17)27;17-5-1-7-11-8(2-5)15(21)16(22)10-4-6(18)3-9(12(10)11)14(20)13(7)19;9-7(10)5-2-1-3-6(4-5)8(11)12;/h3-10H,1-2H3;1-4H;1-4,9-12H;1H4. The number of halogens is 2. The van der Waals surface area contributed by atoms with Crippen molar-refractivity contribution in [1.82, 2.24) is 0 Å². The summed E-state index contributed by atoms with van der Waals surface area (Å²) in [7, 11) is -3.16. The predicted molar refractivity (Wildman–Crippen MR) is 267 cm³/mol. The normalized spacial score (nSPS) is 11.2. The van der Waals surface area contributed by atoms with E-state index in [1.165, 1.54) is 24.3 Å². The molecular weight excluding hydrogens is 1030 g/mol. The average molecular weight is 1060 g/mol. The lowest BCUT2D eigenvalue weighted by molar-refractivity contribution is 0.425. The lowest BCUT2D eigenvalue weighted by atomic mass is 9.73. The van der Waals surface area contributed by atoms with Crippen LogP contribution in [0.3, 0.4) is 0 Å². The van der Waals surface area contributed by atoms with Crippen molar-refractivity contribution in [3.05, 3.63) is 197 Å². The zero-order chi connectivity index (χ0) is 44.6. The van der Waals surface area contributed by atoms with Gasteiger partial charge in [-0.2, -0.15) is 0 Å². The molecule has 0 fully saturated rings. The Hall–Kier alpha value is -5.89. The summed E-state index contributed by atoms with van der Waals surface area (Å²) in [5.41, 5.74) is 0.238. The highest BCUT2D eigenvalue weighted by Gasteiger charge is 2.27. The van der Waals surface area contributed by atoms with Crippen molar-refractivity contribution < 1.29 is 20.1 Å². The fourth-order valence-electron chi connectivity index (χ4n) is 8.00. The van der Waals surface area contributed by atoms with Crippen molar-refractivity contribution in [3.8, 4) is 33.4 Å². The first-order valence-electron chi connectivity index (χ1n) is 18.6. The Morgan fingerprint density at radius 3 is 0.984 bits per heavy atom. The second-order valence-electron chi connectivity index (χ2n) is 14.9. The zero-order valence-electron chi connectivity index (χ0n) is 32.2. The third-order valence-corrected chi connectivity index (χ3v) is 12.0. The van der Waals surface area contributed by atoms with E-state index >= 15 is 0 Å². The molecule has 0 amide bonds. The van der Waals surface area contributed by atoms with E-state index in [0.29, 0.717) is 40.5 Å².